The van der Waals surface area contributed by atoms with Gasteiger partial charge in [0.15, 0.2) is 0 Å². The van der Waals surface area contributed by atoms with Gasteiger partial charge in [-0.3, -0.25) is 9.45 Å². The minimum atomic E-state index is -4.36. The molecule has 0 aromatic heterocycles. The minimum absolute atomic E-state index is 0.0262. The highest BCUT2D eigenvalue weighted by atomic mass is 32.2. The molecule has 1 aliphatic carbocycles. The summed E-state index contributed by atoms with van der Waals surface area (Å²) in [7, 11) is -4.36. The summed E-state index contributed by atoms with van der Waals surface area (Å²) < 4.78 is 36.4. The zero-order valence-electron chi connectivity index (χ0n) is 15.7. The number of carbonyl (C=O) groups is 2. The summed E-state index contributed by atoms with van der Waals surface area (Å²) in [5, 5.41) is 9.21. The predicted octanol–water partition coefficient (Wildman–Crippen LogP) is 2.60. The van der Waals surface area contributed by atoms with Crippen molar-refractivity contribution in [1.82, 2.24) is 4.90 Å². The Bertz CT molecular complexity index is 989. The van der Waals surface area contributed by atoms with Crippen molar-refractivity contribution in [1.29, 1.82) is 0 Å². The average Bonchev–Trinajstić information content (AvgIpc) is 2.99. The van der Waals surface area contributed by atoms with Gasteiger partial charge in [0, 0.05) is 12.5 Å². The summed E-state index contributed by atoms with van der Waals surface area (Å²) in [5.41, 5.74) is 4.09. The van der Waals surface area contributed by atoms with Crippen LogP contribution >= 0.6 is 0 Å². The number of fused-ring (bicyclic) bond motifs is 3. The standard InChI is InChI=1S/C20H21NO7S/c1-13(19(22)23)21(10-11-29(25,26)27)20(24)28-12-18-16-8-4-2-6-14(16)15-7-3-5-9-17(15)18/h2-9,13,18H,10-12H2,1H3,(H,22,23)(H,25,26,27). The van der Waals surface area contributed by atoms with Crippen LogP contribution in [0.4, 0.5) is 4.79 Å². The quantitative estimate of drug-likeness (QED) is 0.662. The highest BCUT2D eigenvalue weighted by Crippen LogP contribution is 2.44. The Kier molecular flexibility index (Phi) is 5.90. The maximum atomic E-state index is 12.6. The molecule has 2 N–H and O–H groups in total. The molecule has 3 rings (SSSR count). The number of hydrogen-bond acceptors (Lipinski definition) is 5. The number of ether oxygens (including phenoxy) is 1. The second kappa shape index (κ2) is 8.22. The summed E-state index contributed by atoms with van der Waals surface area (Å²) in [6.45, 7) is 0.721. The molecule has 0 saturated heterocycles. The first-order valence-corrected chi connectivity index (χ1v) is 10.6. The third kappa shape index (κ3) is 4.57. The SMILES string of the molecule is CC(C(=O)O)N(CCS(=O)(=O)O)C(=O)OCC1c2ccccc2-c2ccccc21. The van der Waals surface area contributed by atoms with Crippen LogP contribution in [-0.2, 0) is 19.6 Å². The monoisotopic (exact) mass is 419 g/mol. The Morgan fingerprint density at radius 2 is 1.59 bits per heavy atom. The fourth-order valence-electron chi connectivity index (χ4n) is 3.47. The summed E-state index contributed by atoms with van der Waals surface area (Å²) in [6, 6.07) is 14.2. The predicted molar refractivity (Wildman–Crippen MR) is 105 cm³/mol. The highest BCUT2D eigenvalue weighted by Gasteiger charge is 2.32. The van der Waals surface area contributed by atoms with Gasteiger partial charge in [-0.05, 0) is 29.2 Å². The van der Waals surface area contributed by atoms with Crippen molar-refractivity contribution in [2.45, 2.75) is 18.9 Å². The molecule has 0 bridgehead atoms. The van der Waals surface area contributed by atoms with Crippen molar-refractivity contribution in [3.8, 4) is 11.1 Å². The molecule has 154 valence electrons. The Hall–Kier alpha value is -2.91. The molecule has 0 saturated carbocycles. The number of nitrogens with zero attached hydrogens (tertiary/aromatic N) is 1. The average molecular weight is 419 g/mol. The molecule has 0 radical (unpaired) electrons. The van der Waals surface area contributed by atoms with Crippen LogP contribution < -0.4 is 0 Å². The summed E-state index contributed by atoms with van der Waals surface area (Å²) in [5.74, 6) is -2.31. The third-order valence-corrected chi connectivity index (χ3v) is 5.68. The van der Waals surface area contributed by atoms with Gasteiger partial charge in [-0.1, -0.05) is 48.5 Å². The molecular weight excluding hydrogens is 398 g/mol. The third-order valence-electron chi connectivity index (χ3n) is 4.99. The molecule has 2 aromatic rings. The van der Waals surface area contributed by atoms with E-state index in [9.17, 15) is 23.1 Å². The van der Waals surface area contributed by atoms with Crippen molar-refractivity contribution < 1.29 is 32.4 Å². The molecule has 8 nitrogen and oxygen atoms in total. The van der Waals surface area contributed by atoms with Gasteiger partial charge >= 0.3 is 12.1 Å². The second-order valence-corrected chi connectivity index (χ2v) is 8.37. The van der Waals surface area contributed by atoms with Gasteiger partial charge in [-0.2, -0.15) is 8.42 Å². The van der Waals surface area contributed by atoms with E-state index in [1.807, 2.05) is 48.5 Å². The normalized spacial score (nSPS) is 14.0. The molecular formula is C20H21NO7S. The van der Waals surface area contributed by atoms with E-state index in [1.54, 1.807) is 0 Å². The zero-order valence-corrected chi connectivity index (χ0v) is 16.5. The maximum Gasteiger partial charge on any atom is 0.410 e. The fourth-order valence-corrected chi connectivity index (χ4v) is 3.89. The Balaban J connectivity index is 1.78. The largest absolute Gasteiger partial charge is 0.480 e. The van der Waals surface area contributed by atoms with Gasteiger partial charge in [0.1, 0.15) is 12.6 Å². The summed E-state index contributed by atoms with van der Waals surface area (Å²) in [6.07, 6.45) is -0.953. The number of hydrogen-bond donors (Lipinski definition) is 2. The van der Waals surface area contributed by atoms with E-state index in [-0.39, 0.29) is 12.5 Å². The molecule has 0 spiro atoms. The van der Waals surface area contributed by atoms with Gasteiger partial charge in [-0.25, -0.2) is 9.59 Å². The first-order valence-electron chi connectivity index (χ1n) is 8.98. The number of amides is 1. The van der Waals surface area contributed by atoms with Crippen LogP contribution in [0.25, 0.3) is 11.1 Å². The Labute approximate surface area is 168 Å². The Morgan fingerprint density at radius 1 is 1.07 bits per heavy atom. The smallest absolute Gasteiger partial charge is 0.410 e. The molecule has 1 aliphatic rings. The zero-order chi connectivity index (χ0) is 21.2. The van der Waals surface area contributed by atoms with Crippen molar-refractivity contribution in [2.24, 2.45) is 0 Å². The van der Waals surface area contributed by atoms with Crippen LogP contribution in [0.3, 0.4) is 0 Å². The highest BCUT2D eigenvalue weighted by molar-refractivity contribution is 7.85. The number of carboxylic acids is 1. The van der Waals surface area contributed by atoms with E-state index in [0.29, 0.717) is 0 Å². The van der Waals surface area contributed by atoms with Gasteiger partial charge in [0.2, 0.25) is 0 Å². The van der Waals surface area contributed by atoms with E-state index in [0.717, 1.165) is 27.2 Å². The van der Waals surface area contributed by atoms with Gasteiger partial charge in [-0.15, -0.1) is 0 Å². The lowest BCUT2D eigenvalue weighted by atomic mass is 9.98. The van der Waals surface area contributed by atoms with Gasteiger partial charge in [0.05, 0.1) is 5.75 Å². The lowest BCUT2D eigenvalue weighted by Gasteiger charge is -2.26. The van der Waals surface area contributed by atoms with E-state index in [2.05, 4.69) is 0 Å². The molecule has 2 aromatic carbocycles. The molecule has 1 unspecified atom stereocenters. The van der Waals surface area contributed by atoms with Crippen LogP contribution in [0, 0.1) is 0 Å². The van der Waals surface area contributed by atoms with Gasteiger partial charge in [0.25, 0.3) is 10.1 Å². The maximum absolute atomic E-state index is 12.6. The molecule has 1 amide bonds. The molecule has 0 fully saturated rings. The van der Waals surface area contributed by atoms with Crippen LogP contribution in [0.5, 0.6) is 0 Å². The van der Waals surface area contributed by atoms with Crippen LogP contribution in [0.1, 0.15) is 24.0 Å². The number of benzene rings is 2. The van der Waals surface area contributed by atoms with Crippen molar-refractivity contribution in [3.63, 3.8) is 0 Å². The molecule has 1 atom stereocenters. The molecule has 0 aliphatic heterocycles. The van der Waals surface area contributed by atoms with E-state index in [1.165, 1.54) is 6.92 Å². The lowest BCUT2D eigenvalue weighted by Crippen LogP contribution is -2.46. The number of rotatable bonds is 7. The van der Waals surface area contributed by atoms with Gasteiger partial charge < -0.3 is 9.84 Å². The topological polar surface area (TPSA) is 121 Å². The lowest BCUT2D eigenvalue weighted by molar-refractivity contribution is -0.142. The van der Waals surface area contributed by atoms with Crippen molar-refractivity contribution in [3.05, 3.63) is 59.7 Å². The summed E-state index contributed by atoms with van der Waals surface area (Å²) in [4.78, 5) is 24.6. The van der Waals surface area contributed by atoms with Crippen LogP contribution in [0.2, 0.25) is 0 Å². The van der Waals surface area contributed by atoms with E-state index < -0.39 is 40.5 Å². The van der Waals surface area contributed by atoms with Crippen LogP contribution in [0.15, 0.2) is 48.5 Å². The van der Waals surface area contributed by atoms with Crippen molar-refractivity contribution >= 4 is 22.2 Å². The van der Waals surface area contributed by atoms with Crippen molar-refractivity contribution in [2.75, 3.05) is 18.9 Å². The molecule has 9 heteroatoms. The number of aliphatic carboxylic acids is 1. The molecule has 29 heavy (non-hydrogen) atoms. The first-order chi connectivity index (χ1) is 13.7. The first kappa shape index (κ1) is 20.8. The number of carbonyl (C=O) groups excluding carboxylic acids is 1. The molecule has 0 heterocycles. The van der Waals surface area contributed by atoms with Crippen LogP contribution in [-0.4, -0.2) is 60.0 Å². The summed E-state index contributed by atoms with van der Waals surface area (Å²) >= 11 is 0. The van der Waals surface area contributed by atoms with E-state index in [4.69, 9.17) is 9.29 Å². The minimum Gasteiger partial charge on any atom is -0.480 e. The second-order valence-electron chi connectivity index (χ2n) is 6.80. The fraction of sp³-hybridized carbons (Fsp3) is 0.300. The Morgan fingerprint density at radius 3 is 2.07 bits per heavy atom. The van der Waals surface area contributed by atoms with E-state index >= 15 is 0 Å². The number of carboxylic acid groups (broad SMARTS) is 1.